The molecule has 2 aromatic rings. The summed E-state index contributed by atoms with van der Waals surface area (Å²) in [5.41, 5.74) is -0.364. The highest BCUT2D eigenvalue weighted by atomic mass is 16.5. The molecule has 0 saturated heterocycles. The van der Waals surface area contributed by atoms with E-state index in [1.54, 1.807) is 0 Å². The fourth-order valence-corrected chi connectivity index (χ4v) is 1.39. The average Bonchev–Trinajstić information content (AvgIpc) is 2.26. The molecule has 0 spiro atoms. The third-order valence-corrected chi connectivity index (χ3v) is 2.19. The molecule has 1 heterocycles. The van der Waals surface area contributed by atoms with Gasteiger partial charge in [-0.15, -0.1) is 0 Å². The van der Waals surface area contributed by atoms with E-state index in [0.29, 0.717) is 5.52 Å². The molecule has 0 bridgehead atoms. The highest BCUT2D eigenvalue weighted by molar-refractivity contribution is 5.79. The lowest BCUT2D eigenvalue weighted by Crippen LogP contribution is -2.22. The van der Waals surface area contributed by atoms with E-state index in [0.717, 1.165) is 4.57 Å². The molecule has 82 valence electrons. The number of hydrogen-bond acceptors (Lipinski definition) is 5. The number of aryl methyl sites for hydroxylation is 1. The third-order valence-electron chi connectivity index (χ3n) is 2.19. The SMILES string of the molecule is Cn1c(=O)oc(=O)c2ccc(OC=O)cc21. The highest BCUT2D eigenvalue weighted by Crippen LogP contribution is 2.16. The summed E-state index contributed by atoms with van der Waals surface area (Å²) in [7, 11) is 1.46. The van der Waals surface area contributed by atoms with Crippen molar-refractivity contribution in [3.63, 3.8) is 0 Å². The van der Waals surface area contributed by atoms with Crippen LogP contribution in [0.5, 0.6) is 5.75 Å². The number of carbonyl (C=O) groups excluding carboxylic acids is 1. The first-order valence-corrected chi connectivity index (χ1v) is 4.37. The van der Waals surface area contributed by atoms with Gasteiger partial charge in [0.25, 0.3) is 6.47 Å². The molecule has 0 N–H and O–H groups in total. The van der Waals surface area contributed by atoms with Gasteiger partial charge in [0.1, 0.15) is 5.75 Å². The molecule has 0 unspecified atom stereocenters. The molecule has 0 radical (unpaired) electrons. The van der Waals surface area contributed by atoms with Gasteiger partial charge in [-0.2, -0.15) is 0 Å². The first-order chi connectivity index (χ1) is 7.63. The van der Waals surface area contributed by atoms with Crippen molar-refractivity contribution in [3.05, 3.63) is 39.2 Å². The molecule has 1 aromatic heterocycles. The summed E-state index contributed by atoms with van der Waals surface area (Å²) in [6, 6.07) is 4.29. The number of hydrogen-bond donors (Lipinski definition) is 0. The van der Waals surface area contributed by atoms with Gasteiger partial charge in [-0.3, -0.25) is 9.36 Å². The predicted molar refractivity (Wildman–Crippen MR) is 54.4 cm³/mol. The number of fused-ring (bicyclic) bond motifs is 1. The van der Waals surface area contributed by atoms with Gasteiger partial charge in [-0.05, 0) is 12.1 Å². The average molecular weight is 221 g/mol. The summed E-state index contributed by atoms with van der Waals surface area (Å²) in [6.45, 7) is 0.269. The highest BCUT2D eigenvalue weighted by Gasteiger charge is 2.07. The molecule has 0 aliphatic carbocycles. The minimum Gasteiger partial charge on any atom is -0.429 e. The van der Waals surface area contributed by atoms with E-state index in [1.807, 2.05) is 0 Å². The van der Waals surface area contributed by atoms with E-state index in [4.69, 9.17) is 0 Å². The Morgan fingerprint density at radius 2 is 2.12 bits per heavy atom. The van der Waals surface area contributed by atoms with Crippen LogP contribution in [-0.2, 0) is 11.8 Å². The maximum Gasteiger partial charge on any atom is 0.422 e. The zero-order chi connectivity index (χ0) is 11.7. The summed E-state index contributed by atoms with van der Waals surface area (Å²) >= 11 is 0. The molecule has 0 aliphatic heterocycles. The smallest absolute Gasteiger partial charge is 0.422 e. The molecular formula is C10H7NO5. The predicted octanol–water partition coefficient (Wildman–Crippen LogP) is 0.0269. The van der Waals surface area contributed by atoms with Crippen LogP contribution >= 0.6 is 0 Å². The number of aromatic nitrogens is 1. The summed E-state index contributed by atoms with van der Waals surface area (Å²) < 4.78 is 10.2. The van der Waals surface area contributed by atoms with E-state index >= 15 is 0 Å². The Kier molecular flexibility index (Phi) is 2.32. The van der Waals surface area contributed by atoms with Crippen molar-refractivity contribution in [2.24, 2.45) is 7.05 Å². The van der Waals surface area contributed by atoms with Crippen LogP contribution in [0, 0.1) is 0 Å². The number of rotatable bonds is 2. The molecular weight excluding hydrogens is 214 g/mol. The van der Waals surface area contributed by atoms with Crippen LogP contribution in [0.15, 0.2) is 32.2 Å². The maximum absolute atomic E-state index is 11.3. The fraction of sp³-hybridized carbons (Fsp3) is 0.100. The standard InChI is InChI=1S/C10H7NO5/c1-11-8-4-6(15-5-12)2-3-7(8)9(13)16-10(11)14/h2-5H,1H3. The minimum atomic E-state index is -0.763. The maximum atomic E-state index is 11.3. The van der Waals surface area contributed by atoms with Crippen LogP contribution in [-0.4, -0.2) is 11.0 Å². The van der Waals surface area contributed by atoms with Crippen LogP contribution in [0.3, 0.4) is 0 Å². The monoisotopic (exact) mass is 221 g/mol. The first-order valence-electron chi connectivity index (χ1n) is 4.37. The van der Waals surface area contributed by atoms with Crippen LogP contribution < -0.4 is 16.1 Å². The summed E-state index contributed by atoms with van der Waals surface area (Å²) in [6.07, 6.45) is 0. The first kappa shape index (κ1) is 10.2. The molecule has 0 fully saturated rings. The topological polar surface area (TPSA) is 78.5 Å². The number of benzene rings is 1. The van der Waals surface area contributed by atoms with E-state index < -0.39 is 11.4 Å². The van der Waals surface area contributed by atoms with Gasteiger partial charge in [0.05, 0.1) is 10.9 Å². The lowest BCUT2D eigenvalue weighted by atomic mass is 10.2. The van der Waals surface area contributed by atoms with E-state index in [-0.39, 0.29) is 17.6 Å². The normalized spacial score (nSPS) is 10.3. The van der Waals surface area contributed by atoms with Crippen molar-refractivity contribution >= 4 is 17.4 Å². The molecule has 0 aliphatic rings. The number of carbonyl (C=O) groups is 1. The van der Waals surface area contributed by atoms with Crippen molar-refractivity contribution in [1.82, 2.24) is 4.57 Å². The van der Waals surface area contributed by atoms with Crippen molar-refractivity contribution in [2.45, 2.75) is 0 Å². The van der Waals surface area contributed by atoms with Gasteiger partial charge in [0.2, 0.25) is 0 Å². The van der Waals surface area contributed by atoms with E-state index in [9.17, 15) is 14.4 Å². The van der Waals surface area contributed by atoms with Crippen LogP contribution in [0.4, 0.5) is 0 Å². The third kappa shape index (κ3) is 1.50. The van der Waals surface area contributed by atoms with E-state index in [1.165, 1.54) is 25.2 Å². The molecule has 6 nitrogen and oxygen atoms in total. The second-order valence-corrected chi connectivity index (χ2v) is 3.11. The van der Waals surface area contributed by atoms with Crippen LogP contribution in [0.25, 0.3) is 10.9 Å². The van der Waals surface area contributed by atoms with Crippen molar-refractivity contribution in [3.8, 4) is 5.75 Å². The zero-order valence-corrected chi connectivity index (χ0v) is 8.30. The molecule has 2 rings (SSSR count). The van der Waals surface area contributed by atoms with Crippen molar-refractivity contribution in [1.29, 1.82) is 0 Å². The van der Waals surface area contributed by atoms with Crippen molar-refractivity contribution in [2.75, 3.05) is 0 Å². The number of nitrogens with zero attached hydrogens (tertiary/aromatic N) is 1. The van der Waals surface area contributed by atoms with Gasteiger partial charge in [-0.25, -0.2) is 9.59 Å². The lowest BCUT2D eigenvalue weighted by Gasteiger charge is -2.03. The van der Waals surface area contributed by atoms with Gasteiger partial charge in [0, 0.05) is 13.1 Å². The Labute approximate surface area is 88.7 Å². The Morgan fingerprint density at radius 3 is 2.81 bits per heavy atom. The Hall–Kier alpha value is -2.37. The zero-order valence-electron chi connectivity index (χ0n) is 8.30. The summed E-state index contributed by atoms with van der Waals surface area (Å²) in [5.74, 6) is -0.510. The molecule has 16 heavy (non-hydrogen) atoms. The van der Waals surface area contributed by atoms with Crippen LogP contribution in [0.1, 0.15) is 0 Å². The van der Waals surface area contributed by atoms with Crippen LogP contribution in [0.2, 0.25) is 0 Å². The Balaban J connectivity index is 2.86. The summed E-state index contributed by atoms with van der Waals surface area (Å²) in [5, 5.41) is 0.250. The van der Waals surface area contributed by atoms with Gasteiger partial charge < -0.3 is 9.15 Å². The molecule has 0 saturated carbocycles. The molecule has 1 aromatic carbocycles. The molecule has 0 amide bonds. The van der Waals surface area contributed by atoms with Crippen molar-refractivity contribution < 1.29 is 13.9 Å². The molecule has 0 atom stereocenters. The fourth-order valence-electron chi connectivity index (χ4n) is 1.39. The Bertz CT molecular complexity index is 667. The summed E-state index contributed by atoms with van der Waals surface area (Å²) in [4.78, 5) is 32.7. The second-order valence-electron chi connectivity index (χ2n) is 3.11. The van der Waals surface area contributed by atoms with Gasteiger partial charge >= 0.3 is 11.4 Å². The minimum absolute atomic E-state index is 0.250. The largest absolute Gasteiger partial charge is 0.429 e. The Morgan fingerprint density at radius 1 is 1.38 bits per heavy atom. The lowest BCUT2D eigenvalue weighted by molar-refractivity contribution is -0.120. The van der Waals surface area contributed by atoms with Gasteiger partial charge in [-0.1, -0.05) is 0 Å². The van der Waals surface area contributed by atoms with Gasteiger partial charge in [0.15, 0.2) is 0 Å². The molecule has 6 heteroatoms. The number of ether oxygens (including phenoxy) is 1. The quantitative estimate of drug-likeness (QED) is 0.668. The van der Waals surface area contributed by atoms with E-state index in [2.05, 4.69) is 9.15 Å². The second kappa shape index (κ2) is 3.65.